The highest BCUT2D eigenvalue weighted by Crippen LogP contribution is 2.18. The number of benzene rings is 2. The van der Waals surface area contributed by atoms with Crippen LogP contribution in [0.5, 0.6) is 5.75 Å². The van der Waals surface area contributed by atoms with Gasteiger partial charge in [0, 0.05) is 5.56 Å². The molecule has 0 atom stereocenters. The Morgan fingerprint density at radius 2 is 1.76 bits per heavy atom. The van der Waals surface area contributed by atoms with E-state index in [1.807, 2.05) is 42.5 Å². The highest BCUT2D eigenvalue weighted by atomic mass is 16.4. The molecule has 0 amide bonds. The second-order valence-electron chi connectivity index (χ2n) is 3.80. The largest absolute Gasteiger partial charge is 0.507 e. The molecule has 0 heterocycles. The second kappa shape index (κ2) is 5.16. The summed E-state index contributed by atoms with van der Waals surface area (Å²) in [5.41, 5.74) is 2.77. The van der Waals surface area contributed by atoms with Crippen LogP contribution in [0, 0.1) is 0 Å². The maximum atomic E-state index is 9.53. The molecule has 0 saturated heterocycles. The molecule has 2 rings (SSSR count). The molecule has 0 radical (unpaired) electrons. The second-order valence-corrected chi connectivity index (χ2v) is 3.80. The van der Waals surface area contributed by atoms with Crippen LogP contribution in [0.25, 0.3) is 0 Å². The minimum absolute atomic E-state index is 0.111. The molecule has 0 saturated carbocycles. The van der Waals surface area contributed by atoms with Crippen molar-refractivity contribution in [1.82, 2.24) is 0 Å². The van der Waals surface area contributed by atoms with Gasteiger partial charge in [0.25, 0.3) is 0 Å². The van der Waals surface area contributed by atoms with Crippen LogP contribution in [0.3, 0.4) is 0 Å². The first kappa shape index (κ1) is 11.2. The van der Waals surface area contributed by atoms with E-state index in [0.717, 1.165) is 12.0 Å². The lowest BCUT2D eigenvalue weighted by Crippen LogP contribution is -1.90. The summed E-state index contributed by atoms with van der Waals surface area (Å²) < 4.78 is 0. The van der Waals surface area contributed by atoms with Gasteiger partial charge in [-0.15, -0.1) is 0 Å². The van der Waals surface area contributed by atoms with E-state index in [-0.39, 0.29) is 5.75 Å². The average Bonchev–Trinajstić information content (AvgIpc) is 2.35. The molecule has 0 fully saturated rings. The van der Waals surface area contributed by atoms with Crippen molar-refractivity contribution >= 4 is 6.21 Å². The van der Waals surface area contributed by atoms with E-state index in [2.05, 4.69) is 5.16 Å². The van der Waals surface area contributed by atoms with Crippen LogP contribution in [0.4, 0.5) is 0 Å². The minimum Gasteiger partial charge on any atom is -0.507 e. The Labute approximate surface area is 99.7 Å². The van der Waals surface area contributed by atoms with Crippen molar-refractivity contribution in [3.8, 4) is 5.75 Å². The first-order valence-corrected chi connectivity index (χ1v) is 5.33. The monoisotopic (exact) mass is 227 g/mol. The fraction of sp³-hybridized carbons (Fsp3) is 0.0714. The van der Waals surface area contributed by atoms with Gasteiger partial charge in [0.05, 0.1) is 6.21 Å². The van der Waals surface area contributed by atoms with Crippen molar-refractivity contribution in [2.24, 2.45) is 5.16 Å². The molecule has 0 aliphatic heterocycles. The lowest BCUT2D eigenvalue weighted by atomic mass is 10.0. The third-order valence-electron chi connectivity index (χ3n) is 2.54. The fourth-order valence-electron chi connectivity index (χ4n) is 1.71. The fourth-order valence-corrected chi connectivity index (χ4v) is 1.71. The number of oxime groups is 1. The SMILES string of the molecule is O/N=C\c1cc(Cc2ccccc2)ccc1O. The Balaban J connectivity index is 2.25. The summed E-state index contributed by atoms with van der Waals surface area (Å²) in [6.45, 7) is 0. The number of phenols is 1. The normalized spacial score (nSPS) is 10.8. The van der Waals surface area contributed by atoms with Gasteiger partial charge in [-0.1, -0.05) is 41.6 Å². The van der Waals surface area contributed by atoms with Crippen molar-refractivity contribution in [2.45, 2.75) is 6.42 Å². The Kier molecular flexibility index (Phi) is 3.40. The zero-order valence-corrected chi connectivity index (χ0v) is 9.24. The minimum atomic E-state index is 0.111. The third-order valence-corrected chi connectivity index (χ3v) is 2.54. The molecule has 0 bridgehead atoms. The third kappa shape index (κ3) is 2.84. The molecule has 0 unspecified atom stereocenters. The molecule has 2 aromatic rings. The van der Waals surface area contributed by atoms with Gasteiger partial charge in [-0.25, -0.2) is 0 Å². The molecular weight excluding hydrogens is 214 g/mol. The molecule has 0 aliphatic rings. The maximum Gasteiger partial charge on any atom is 0.124 e. The molecule has 17 heavy (non-hydrogen) atoms. The number of hydrogen-bond donors (Lipinski definition) is 2. The first-order valence-electron chi connectivity index (χ1n) is 5.33. The standard InChI is InChI=1S/C14H13NO2/c16-14-7-6-12(9-13(14)10-15-17)8-11-4-2-1-3-5-11/h1-7,9-10,16-17H,8H2/b15-10-. The summed E-state index contributed by atoms with van der Waals surface area (Å²) >= 11 is 0. The van der Waals surface area contributed by atoms with Crippen LogP contribution in [0.2, 0.25) is 0 Å². The van der Waals surface area contributed by atoms with Gasteiger partial charge in [-0.2, -0.15) is 0 Å². The highest BCUT2D eigenvalue weighted by Gasteiger charge is 2.01. The topological polar surface area (TPSA) is 52.8 Å². The number of hydrogen-bond acceptors (Lipinski definition) is 3. The van der Waals surface area contributed by atoms with Gasteiger partial charge in [-0.05, 0) is 29.7 Å². The van der Waals surface area contributed by atoms with E-state index in [1.54, 1.807) is 6.07 Å². The van der Waals surface area contributed by atoms with Crippen molar-refractivity contribution < 1.29 is 10.3 Å². The smallest absolute Gasteiger partial charge is 0.124 e. The van der Waals surface area contributed by atoms with E-state index in [0.29, 0.717) is 5.56 Å². The van der Waals surface area contributed by atoms with Crippen LogP contribution in [0.1, 0.15) is 16.7 Å². The van der Waals surface area contributed by atoms with Gasteiger partial charge >= 0.3 is 0 Å². The molecular formula is C14H13NO2. The van der Waals surface area contributed by atoms with Gasteiger partial charge in [0.1, 0.15) is 5.75 Å². The molecule has 0 aromatic heterocycles. The number of phenolic OH excluding ortho intramolecular Hbond substituents is 1. The predicted molar refractivity (Wildman–Crippen MR) is 66.7 cm³/mol. The lowest BCUT2D eigenvalue weighted by Gasteiger charge is -2.04. The van der Waals surface area contributed by atoms with Crippen molar-refractivity contribution in [3.05, 3.63) is 65.2 Å². The van der Waals surface area contributed by atoms with Gasteiger partial charge in [0.2, 0.25) is 0 Å². The van der Waals surface area contributed by atoms with E-state index in [9.17, 15) is 5.11 Å². The molecule has 2 N–H and O–H groups in total. The van der Waals surface area contributed by atoms with Crippen LogP contribution in [-0.4, -0.2) is 16.5 Å². The van der Waals surface area contributed by atoms with E-state index in [1.165, 1.54) is 11.8 Å². The number of rotatable bonds is 3. The molecule has 86 valence electrons. The summed E-state index contributed by atoms with van der Waals surface area (Å²) in [6, 6.07) is 15.3. The van der Waals surface area contributed by atoms with E-state index < -0.39 is 0 Å². The molecule has 0 spiro atoms. The summed E-state index contributed by atoms with van der Waals surface area (Å²) in [5, 5.41) is 20.9. The lowest BCUT2D eigenvalue weighted by molar-refractivity contribution is 0.321. The summed E-state index contributed by atoms with van der Waals surface area (Å²) in [5.74, 6) is 0.111. The van der Waals surface area contributed by atoms with Crippen LogP contribution in [-0.2, 0) is 6.42 Å². The van der Waals surface area contributed by atoms with E-state index >= 15 is 0 Å². The Morgan fingerprint density at radius 3 is 2.47 bits per heavy atom. The zero-order chi connectivity index (χ0) is 12.1. The number of aromatic hydroxyl groups is 1. The van der Waals surface area contributed by atoms with Gasteiger partial charge in [-0.3, -0.25) is 0 Å². The van der Waals surface area contributed by atoms with Gasteiger partial charge in [0.15, 0.2) is 0 Å². The van der Waals surface area contributed by atoms with Crippen molar-refractivity contribution in [2.75, 3.05) is 0 Å². The van der Waals surface area contributed by atoms with E-state index in [4.69, 9.17) is 5.21 Å². The molecule has 3 nitrogen and oxygen atoms in total. The summed E-state index contributed by atoms with van der Waals surface area (Å²) in [7, 11) is 0. The zero-order valence-electron chi connectivity index (χ0n) is 9.24. The highest BCUT2D eigenvalue weighted by molar-refractivity contribution is 5.83. The summed E-state index contributed by atoms with van der Waals surface area (Å²) in [4.78, 5) is 0. The predicted octanol–water partition coefficient (Wildman–Crippen LogP) is 2.79. The number of nitrogens with zero attached hydrogens (tertiary/aromatic N) is 1. The first-order chi connectivity index (χ1) is 8.29. The van der Waals surface area contributed by atoms with Crippen molar-refractivity contribution in [1.29, 1.82) is 0 Å². The quantitative estimate of drug-likeness (QED) is 0.481. The van der Waals surface area contributed by atoms with Crippen LogP contribution < -0.4 is 0 Å². The van der Waals surface area contributed by atoms with Gasteiger partial charge < -0.3 is 10.3 Å². The average molecular weight is 227 g/mol. The van der Waals surface area contributed by atoms with Crippen molar-refractivity contribution in [3.63, 3.8) is 0 Å². The summed E-state index contributed by atoms with van der Waals surface area (Å²) in [6.07, 6.45) is 2.01. The molecule has 3 heteroatoms. The molecule has 0 aliphatic carbocycles. The molecule has 2 aromatic carbocycles. The Morgan fingerprint density at radius 1 is 1.00 bits per heavy atom. The van der Waals surface area contributed by atoms with Crippen LogP contribution >= 0.6 is 0 Å². The van der Waals surface area contributed by atoms with Crippen LogP contribution in [0.15, 0.2) is 53.7 Å². The Bertz CT molecular complexity index is 521. The Hall–Kier alpha value is -2.29. The maximum absolute atomic E-state index is 9.53.